The van der Waals surface area contributed by atoms with E-state index in [1.165, 1.54) is 31.1 Å². The van der Waals surface area contributed by atoms with E-state index in [4.69, 9.17) is 28.8 Å². The third-order valence-electron chi connectivity index (χ3n) is 4.27. The number of aliphatic hydroxyl groups is 1. The van der Waals surface area contributed by atoms with Crippen LogP contribution in [0.25, 0.3) is 0 Å². The predicted molar refractivity (Wildman–Crippen MR) is 120 cm³/mol. The topological polar surface area (TPSA) is 83.5 Å². The summed E-state index contributed by atoms with van der Waals surface area (Å²) < 4.78 is 27.6. The van der Waals surface area contributed by atoms with Crippen LogP contribution in [0.3, 0.4) is 0 Å². The van der Waals surface area contributed by atoms with Crippen molar-refractivity contribution in [3.8, 4) is 11.5 Å². The minimum absolute atomic E-state index is 0. The molecular formula is C24H38O7Zr. The van der Waals surface area contributed by atoms with Crippen molar-refractivity contribution in [1.29, 1.82) is 0 Å². The zero-order valence-corrected chi connectivity index (χ0v) is 22.4. The Balaban J connectivity index is 0.00000104. The van der Waals surface area contributed by atoms with Crippen LogP contribution < -0.4 is 9.47 Å². The fourth-order valence-corrected chi connectivity index (χ4v) is 2.83. The Labute approximate surface area is 211 Å². The van der Waals surface area contributed by atoms with Gasteiger partial charge in [-0.1, -0.05) is 26.7 Å². The molecule has 1 aromatic rings. The third kappa shape index (κ3) is 14.0. The van der Waals surface area contributed by atoms with Gasteiger partial charge in [0.05, 0.1) is 38.8 Å². The van der Waals surface area contributed by atoms with Crippen LogP contribution in [0.4, 0.5) is 0 Å². The molecule has 8 heteroatoms. The molecule has 1 aliphatic rings. The van der Waals surface area contributed by atoms with Crippen molar-refractivity contribution in [2.45, 2.75) is 60.0 Å². The maximum atomic E-state index is 10.0. The Kier molecular flexibility index (Phi) is 18.6. The van der Waals surface area contributed by atoms with Crippen LogP contribution in [0.1, 0.15) is 58.1 Å². The SMILES string of the molecule is CC(=O)/C=C(/C)O.CCCCOCCOCCOCc1cc2c(cc1CCC)OCO2.[Zr]. The van der Waals surface area contributed by atoms with Crippen molar-refractivity contribution in [2.24, 2.45) is 0 Å². The quantitative estimate of drug-likeness (QED) is 0.211. The van der Waals surface area contributed by atoms with Gasteiger partial charge in [0.2, 0.25) is 6.79 Å². The van der Waals surface area contributed by atoms with Crippen molar-refractivity contribution in [3.05, 3.63) is 35.1 Å². The Morgan fingerprint density at radius 1 is 0.938 bits per heavy atom. The summed E-state index contributed by atoms with van der Waals surface area (Å²) in [6.07, 6.45) is 5.54. The van der Waals surface area contributed by atoms with E-state index in [-0.39, 0.29) is 37.7 Å². The second-order valence-corrected chi connectivity index (χ2v) is 7.25. The van der Waals surface area contributed by atoms with Crippen LogP contribution in [0.2, 0.25) is 0 Å². The number of hydrogen-bond donors (Lipinski definition) is 1. The Morgan fingerprint density at radius 3 is 2.00 bits per heavy atom. The number of carbonyl (C=O) groups is 1. The van der Waals surface area contributed by atoms with Crippen LogP contribution in [0, 0.1) is 0 Å². The van der Waals surface area contributed by atoms with E-state index in [1.54, 1.807) is 0 Å². The number of carbonyl (C=O) groups excluding carboxylic acids is 1. The number of aliphatic hydroxyl groups excluding tert-OH is 1. The van der Waals surface area contributed by atoms with Crippen LogP contribution >= 0.6 is 0 Å². The van der Waals surface area contributed by atoms with Gasteiger partial charge in [0.25, 0.3) is 0 Å². The van der Waals surface area contributed by atoms with Crippen LogP contribution in [-0.2, 0) is 58.2 Å². The van der Waals surface area contributed by atoms with Gasteiger partial charge in [0, 0.05) is 38.9 Å². The standard InChI is InChI=1S/C19H30O5.C5H8O2.Zr/c1-3-5-7-20-8-9-21-10-11-22-14-17-13-19-18(23-15-24-19)12-16(17)6-4-2;1-4(6)3-5(2)7;/h12-13H,3-11,14-15H2,1-2H3;3,6H,1-2H3;/b;4-3-;. The number of hydrogen-bond acceptors (Lipinski definition) is 7. The summed E-state index contributed by atoms with van der Waals surface area (Å²) in [5.74, 6) is 1.59. The molecule has 0 radical (unpaired) electrons. The molecule has 32 heavy (non-hydrogen) atoms. The minimum Gasteiger partial charge on any atom is -0.512 e. The van der Waals surface area contributed by atoms with Crippen molar-refractivity contribution in [2.75, 3.05) is 39.8 Å². The van der Waals surface area contributed by atoms with Gasteiger partial charge in [-0.2, -0.15) is 0 Å². The number of ether oxygens (including phenoxy) is 5. The molecule has 1 aromatic carbocycles. The molecule has 1 aliphatic heterocycles. The van der Waals surface area contributed by atoms with E-state index in [0.717, 1.165) is 43.8 Å². The van der Waals surface area contributed by atoms with Gasteiger partial charge in [0.15, 0.2) is 17.3 Å². The molecular weight excluding hydrogens is 491 g/mol. The van der Waals surface area contributed by atoms with Gasteiger partial charge in [-0.15, -0.1) is 0 Å². The first kappa shape index (κ1) is 30.8. The van der Waals surface area contributed by atoms with Crippen molar-refractivity contribution >= 4 is 5.78 Å². The summed E-state index contributed by atoms with van der Waals surface area (Å²) in [5.41, 5.74) is 2.44. The van der Waals surface area contributed by atoms with Crippen LogP contribution in [0.15, 0.2) is 24.0 Å². The molecule has 0 fully saturated rings. The second-order valence-electron chi connectivity index (χ2n) is 7.25. The van der Waals surface area contributed by atoms with E-state index >= 15 is 0 Å². The minimum atomic E-state index is -0.125. The molecule has 0 amide bonds. The van der Waals surface area contributed by atoms with Crippen LogP contribution in [-0.4, -0.2) is 50.7 Å². The van der Waals surface area contributed by atoms with Crippen molar-refractivity contribution < 1.29 is 59.8 Å². The zero-order chi connectivity index (χ0) is 22.9. The van der Waals surface area contributed by atoms with E-state index in [1.807, 2.05) is 6.07 Å². The molecule has 7 nitrogen and oxygen atoms in total. The van der Waals surface area contributed by atoms with E-state index in [2.05, 4.69) is 19.9 Å². The summed E-state index contributed by atoms with van der Waals surface area (Å²) in [6, 6.07) is 4.12. The first-order valence-electron chi connectivity index (χ1n) is 11.0. The molecule has 0 spiro atoms. The first-order chi connectivity index (χ1) is 15.0. The number of rotatable bonds is 14. The Morgan fingerprint density at radius 2 is 1.50 bits per heavy atom. The van der Waals surface area contributed by atoms with Gasteiger partial charge < -0.3 is 28.8 Å². The molecule has 1 N–H and O–H groups in total. The normalized spacial score (nSPS) is 12.1. The van der Waals surface area contributed by atoms with Gasteiger partial charge in [-0.05, 0) is 49.9 Å². The van der Waals surface area contributed by atoms with Gasteiger partial charge in [-0.25, -0.2) is 0 Å². The fraction of sp³-hybridized carbons (Fsp3) is 0.625. The predicted octanol–water partition coefficient (Wildman–Crippen LogP) is 4.75. The van der Waals surface area contributed by atoms with Gasteiger partial charge >= 0.3 is 0 Å². The number of aryl methyl sites for hydroxylation is 1. The van der Waals surface area contributed by atoms with E-state index in [0.29, 0.717) is 39.8 Å². The Bertz CT molecular complexity index is 673. The number of allylic oxidation sites excluding steroid dienone is 2. The summed E-state index contributed by atoms with van der Waals surface area (Å²) in [6.45, 7) is 11.3. The van der Waals surface area contributed by atoms with Gasteiger partial charge in [0.1, 0.15) is 0 Å². The maximum absolute atomic E-state index is 10.0. The molecule has 0 bridgehead atoms. The first-order valence-corrected chi connectivity index (χ1v) is 11.0. The largest absolute Gasteiger partial charge is 0.512 e. The molecule has 180 valence electrons. The van der Waals surface area contributed by atoms with Gasteiger partial charge in [-0.3, -0.25) is 4.79 Å². The summed E-state index contributed by atoms with van der Waals surface area (Å²) in [7, 11) is 0. The number of fused-ring (bicyclic) bond motifs is 1. The second kappa shape index (κ2) is 19.3. The molecule has 0 atom stereocenters. The fourth-order valence-electron chi connectivity index (χ4n) is 2.83. The average molecular weight is 530 g/mol. The number of unbranched alkanes of at least 4 members (excludes halogenated alkanes) is 1. The summed E-state index contributed by atoms with van der Waals surface area (Å²) >= 11 is 0. The van der Waals surface area contributed by atoms with E-state index < -0.39 is 0 Å². The monoisotopic (exact) mass is 528 g/mol. The van der Waals surface area contributed by atoms with Crippen molar-refractivity contribution in [3.63, 3.8) is 0 Å². The third-order valence-corrected chi connectivity index (χ3v) is 4.27. The molecule has 0 saturated heterocycles. The molecule has 0 unspecified atom stereocenters. The smallest absolute Gasteiger partial charge is 0.231 e. The van der Waals surface area contributed by atoms with E-state index in [9.17, 15) is 4.79 Å². The molecule has 0 aromatic heterocycles. The van der Waals surface area contributed by atoms with Crippen molar-refractivity contribution in [1.82, 2.24) is 0 Å². The molecule has 0 saturated carbocycles. The average Bonchev–Trinajstić information content (AvgIpc) is 3.16. The molecule has 1 heterocycles. The summed E-state index contributed by atoms with van der Waals surface area (Å²) in [5, 5.41) is 8.36. The molecule has 2 rings (SSSR count). The maximum Gasteiger partial charge on any atom is 0.231 e. The number of ketones is 1. The number of benzene rings is 1. The Hall–Kier alpha value is -1.21. The molecule has 0 aliphatic carbocycles. The zero-order valence-electron chi connectivity index (χ0n) is 19.9. The summed E-state index contributed by atoms with van der Waals surface area (Å²) in [4.78, 5) is 10.0. The van der Waals surface area contributed by atoms with Crippen LogP contribution in [0.5, 0.6) is 11.5 Å².